The van der Waals surface area contributed by atoms with Crippen molar-refractivity contribution in [1.82, 2.24) is 0 Å². The lowest BCUT2D eigenvalue weighted by molar-refractivity contribution is 0.0447. The average Bonchev–Trinajstić information content (AvgIpc) is 2.39. The molecule has 1 fully saturated rings. The Morgan fingerprint density at radius 3 is 2.94 bits per heavy atom. The first kappa shape index (κ1) is 11.6. The second kappa shape index (κ2) is 5.46. The Balaban J connectivity index is 2.15. The summed E-state index contributed by atoms with van der Waals surface area (Å²) in [6.45, 7) is 3.90. The molecule has 1 heterocycles. The number of aryl methyl sites for hydroxylation is 1. The van der Waals surface area contributed by atoms with E-state index in [1.54, 1.807) is 0 Å². The van der Waals surface area contributed by atoms with Crippen molar-refractivity contribution < 1.29 is 4.74 Å². The highest BCUT2D eigenvalue weighted by molar-refractivity contribution is 5.30. The monoisotopic (exact) mass is 219 g/mol. The van der Waals surface area contributed by atoms with Gasteiger partial charge in [0.25, 0.3) is 0 Å². The molecular weight excluding hydrogens is 198 g/mol. The first-order valence-corrected chi connectivity index (χ1v) is 6.24. The van der Waals surface area contributed by atoms with E-state index in [4.69, 9.17) is 10.5 Å². The van der Waals surface area contributed by atoms with E-state index in [1.165, 1.54) is 17.5 Å². The van der Waals surface area contributed by atoms with Gasteiger partial charge in [-0.3, -0.25) is 0 Å². The zero-order chi connectivity index (χ0) is 11.4. The Morgan fingerprint density at radius 2 is 2.25 bits per heavy atom. The summed E-state index contributed by atoms with van der Waals surface area (Å²) < 4.78 is 5.52. The van der Waals surface area contributed by atoms with Crippen LogP contribution in [0.25, 0.3) is 0 Å². The second-order valence-corrected chi connectivity index (χ2v) is 4.56. The molecule has 0 amide bonds. The third kappa shape index (κ3) is 2.45. The quantitative estimate of drug-likeness (QED) is 0.848. The molecule has 0 aromatic heterocycles. The fourth-order valence-corrected chi connectivity index (χ4v) is 2.48. The molecule has 2 heteroatoms. The fraction of sp³-hybridized carbons (Fsp3) is 0.571. The Labute approximate surface area is 97.8 Å². The summed E-state index contributed by atoms with van der Waals surface area (Å²) in [6.07, 6.45) is 3.39. The Kier molecular flexibility index (Phi) is 3.97. The smallest absolute Gasteiger partial charge is 0.0512 e. The van der Waals surface area contributed by atoms with E-state index < -0.39 is 0 Å². The van der Waals surface area contributed by atoms with E-state index in [1.807, 2.05) is 0 Å². The van der Waals surface area contributed by atoms with Crippen molar-refractivity contribution in [2.75, 3.05) is 13.2 Å². The molecule has 2 atom stereocenters. The van der Waals surface area contributed by atoms with Gasteiger partial charge in [0.2, 0.25) is 0 Å². The van der Waals surface area contributed by atoms with Gasteiger partial charge in [-0.1, -0.05) is 31.2 Å². The average molecular weight is 219 g/mol. The number of hydrogen-bond acceptors (Lipinski definition) is 2. The molecule has 1 aliphatic rings. The minimum Gasteiger partial charge on any atom is -0.381 e. The molecule has 16 heavy (non-hydrogen) atoms. The zero-order valence-corrected chi connectivity index (χ0v) is 9.99. The molecular formula is C14H21NO. The van der Waals surface area contributed by atoms with Crippen molar-refractivity contribution in [3.8, 4) is 0 Å². The number of benzene rings is 1. The van der Waals surface area contributed by atoms with Crippen LogP contribution in [0.5, 0.6) is 0 Å². The number of nitrogens with two attached hydrogens (primary N) is 1. The minimum atomic E-state index is 0.136. The Morgan fingerprint density at radius 1 is 1.44 bits per heavy atom. The highest BCUT2D eigenvalue weighted by atomic mass is 16.5. The highest BCUT2D eigenvalue weighted by Gasteiger charge is 2.23. The lowest BCUT2D eigenvalue weighted by atomic mass is 9.86. The SMILES string of the molecule is CCc1ccccc1C(N)C1CCCOC1. The van der Waals surface area contributed by atoms with Gasteiger partial charge in [-0.2, -0.15) is 0 Å². The molecule has 1 saturated heterocycles. The zero-order valence-electron chi connectivity index (χ0n) is 9.99. The van der Waals surface area contributed by atoms with Crippen molar-refractivity contribution in [1.29, 1.82) is 0 Å². The molecule has 0 spiro atoms. The van der Waals surface area contributed by atoms with Crippen molar-refractivity contribution >= 4 is 0 Å². The molecule has 2 unspecified atom stereocenters. The molecule has 2 nitrogen and oxygen atoms in total. The molecule has 1 aliphatic heterocycles. The molecule has 1 aromatic carbocycles. The van der Waals surface area contributed by atoms with Gasteiger partial charge in [-0.15, -0.1) is 0 Å². The van der Waals surface area contributed by atoms with Crippen LogP contribution >= 0.6 is 0 Å². The predicted molar refractivity (Wildman–Crippen MR) is 66.3 cm³/mol. The van der Waals surface area contributed by atoms with E-state index in [0.717, 1.165) is 26.1 Å². The summed E-state index contributed by atoms with van der Waals surface area (Å²) in [5.74, 6) is 0.487. The molecule has 2 N–H and O–H groups in total. The van der Waals surface area contributed by atoms with E-state index in [0.29, 0.717) is 5.92 Å². The van der Waals surface area contributed by atoms with Crippen molar-refractivity contribution in [3.63, 3.8) is 0 Å². The Bertz CT molecular complexity index is 331. The Hall–Kier alpha value is -0.860. The van der Waals surface area contributed by atoms with Crippen LogP contribution < -0.4 is 5.73 Å². The largest absolute Gasteiger partial charge is 0.381 e. The van der Waals surface area contributed by atoms with E-state index in [-0.39, 0.29) is 6.04 Å². The highest BCUT2D eigenvalue weighted by Crippen LogP contribution is 2.28. The lowest BCUT2D eigenvalue weighted by Crippen LogP contribution is -2.29. The molecule has 2 rings (SSSR count). The molecule has 0 radical (unpaired) electrons. The van der Waals surface area contributed by atoms with E-state index >= 15 is 0 Å². The van der Waals surface area contributed by atoms with Gasteiger partial charge in [0.15, 0.2) is 0 Å². The van der Waals surface area contributed by atoms with Gasteiger partial charge in [-0.25, -0.2) is 0 Å². The van der Waals surface area contributed by atoms with Crippen LogP contribution in [0.4, 0.5) is 0 Å². The first-order valence-electron chi connectivity index (χ1n) is 6.24. The topological polar surface area (TPSA) is 35.2 Å². The number of hydrogen-bond donors (Lipinski definition) is 1. The summed E-state index contributed by atoms with van der Waals surface area (Å²) in [7, 11) is 0. The minimum absolute atomic E-state index is 0.136. The molecule has 0 aliphatic carbocycles. The second-order valence-electron chi connectivity index (χ2n) is 4.56. The van der Waals surface area contributed by atoms with Gasteiger partial charge in [0, 0.05) is 18.6 Å². The van der Waals surface area contributed by atoms with Crippen LogP contribution in [0.15, 0.2) is 24.3 Å². The van der Waals surface area contributed by atoms with Crippen LogP contribution in [-0.4, -0.2) is 13.2 Å². The summed E-state index contributed by atoms with van der Waals surface area (Å²) in [4.78, 5) is 0. The number of ether oxygens (including phenoxy) is 1. The van der Waals surface area contributed by atoms with Gasteiger partial charge in [0.1, 0.15) is 0 Å². The summed E-state index contributed by atoms with van der Waals surface area (Å²) >= 11 is 0. The third-order valence-electron chi connectivity index (χ3n) is 3.50. The van der Waals surface area contributed by atoms with Crippen LogP contribution in [-0.2, 0) is 11.2 Å². The molecule has 1 aromatic rings. The normalized spacial score (nSPS) is 23.0. The van der Waals surface area contributed by atoms with E-state index in [9.17, 15) is 0 Å². The van der Waals surface area contributed by atoms with Gasteiger partial charge in [0.05, 0.1) is 6.61 Å². The van der Waals surface area contributed by atoms with Gasteiger partial charge < -0.3 is 10.5 Å². The molecule has 0 saturated carbocycles. The maximum Gasteiger partial charge on any atom is 0.0512 e. The fourth-order valence-electron chi connectivity index (χ4n) is 2.48. The molecule has 88 valence electrons. The van der Waals surface area contributed by atoms with Crippen molar-refractivity contribution in [2.45, 2.75) is 32.2 Å². The third-order valence-corrected chi connectivity index (χ3v) is 3.50. The van der Waals surface area contributed by atoms with Crippen molar-refractivity contribution in [3.05, 3.63) is 35.4 Å². The summed E-state index contributed by atoms with van der Waals surface area (Å²) in [6, 6.07) is 8.65. The standard InChI is InChI=1S/C14H21NO/c1-2-11-6-3-4-8-13(11)14(15)12-7-5-9-16-10-12/h3-4,6,8,12,14H,2,5,7,9-10,15H2,1H3. The van der Waals surface area contributed by atoms with E-state index in [2.05, 4.69) is 31.2 Å². The summed E-state index contributed by atoms with van der Waals surface area (Å²) in [5, 5.41) is 0. The predicted octanol–water partition coefficient (Wildman–Crippen LogP) is 2.68. The van der Waals surface area contributed by atoms with Crippen LogP contribution in [0.2, 0.25) is 0 Å². The van der Waals surface area contributed by atoms with Crippen LogP contribution in [0, 0.1) is 5.92 Å². The van der Waals surface area contributed by atoms with Gasteiger partial charge >= 0.3 is 0 Å². The van der Waals surface area contributed by atoms with Crippen LogP contribution in [0.1, 0.15) is 36.9 Å². The van der Waals surface area contributed by atoms with Crippen molar-refractivity contribution in [2.24, 2.45) is 11.7 Å². The lowest BCUT2D eigenvalue weighted by Gasteiger charge is -2.29. The maximum atomic E-state index is 6.37. The summed E-state index contributed by atoms with van der Waals surface area (Å²) in [5.41, 5.74) is 9.05. The maximum absolute atomic E-state index is 6.37. The van der Waals surface area contributed by atoms with Gasteiger partial charge in [-0.05, 0) is 30.4 Å². The number of rotatable bonds is 3. The van der Waals surface area contributed by atoms with Crippen LogP contribution in [0.3, 0.4) is 0 Å². The first-order chi connectivity index (χ1) is 7.83. The molecule has 0 bridgehead atoms.